The van der Waals surface area contributed by atoms with Crippen molar-refractivity contribution in [3.8, 4) is 0 Å². The first kappa shape index (κ1) is 18.1. The summed E-state index contributed by atoms with van der Waals surface area (Å²) in [4.78, 5) is 0. The zero-order chi connectivity index (χ0) is 16.9. The van der Waals surface area contributed by atoms with Gasteiger partial charge in [0.15, 0.2) is 0 Å². The number of nitrogens with one attached hydrogen (secondary N) is 2. The minimum absolute atomic E-state index is 0.298. The van der Waals surface area contributed by atoms with Gasteiger partial charge in [-0.1, -0.05) is 12.7 Å². The highest BCUT2D eigenvalue weighted by atomic mass is 15.0. The van der Waals surface area contributed by atoms with Gasteiger partial charge in [-0.3, -0.25) is 0 Å². The van der Waals surface area contributed by atoms with Crippen LogP contribution in [-0.2, 0) is 0 Å². The first-order valence-electron chi connectivity index (χ1n) is 7.73. The van der Waals surface area contributed by atoms with Crippen LogP contribution in [0.4, 0.5) is 0 Å². The van der Waals surface area contributed by atoms with E-state index in [4.69, 9.17) is 11.5 Å². The van der Waals surface area contributed by atoms with Gasteiger partial charge in [0.1, 0.15) is 0 Å². The normalized spacial score (nSPS) is 17.3. The summed E-state index contributed by atoms with van der Waals surface area (Å²) >= 11 is 0. The second kappa shape index (κ2) is 7.90. The Balaban J connectivity index is 3.11. The first-order chi connectivity index (χ1) is 10.3. The van der Waals surface area contributed by atoms with Gasteiger partial charge in [-0.05, 0) is 69.4 Å². The molecule has 0 spiro atoms. The molecule has 0 unspecified atom stereocenters. The summed E-state index contributed by atoms with van der Waals surface area (Å²) < 4.78 is 0. The van der Waals surface area contributed by atoms with E-state index in [1.54, 1.807) is 0 Å². The maximum Gasteiger partial charge on any atom is 0.0994 e. The lowest BCUT2D eigenvalue weighted by molar-refractivity contribution is 0.656. The van der Waals surface area contributed by atoms with E-state index in [0.29, 0.717) is 18.4 Å². The van der Waals surface area contributed by atoms with Crippen molar-refractivity contribution >= 4 is 0 Å². The number of hydrogen-bond acceptors (Lipinski definition) is 4. The van der Waals surface area contributed by atoms with Crippen LogP contribution in [0.1, 0.15) is 41.0 Å². The van der Waals surface area contributed by atoms with Crippen LogP contribution in [0.25, 0.3) is 0 Å². The Hall–Kier alpha value is -1.94. The molecule has 0 radical (unpaired) electrons. The molecule has 0 fully saturated rings. The number of nitrogens with two attached hydrogens (primary N) is 2. The molecule has 0 aliphatic carbocycles. The Kier molecular flexibility index (Phi) is 6.50. The molecule has 6 N–H and O–H groups in total. The number of rotatable bonds is 6. The molecule has 1 rings (SSSR count). The first-order valence-corrected chi connectivity index (χ1v) is 7.73. The molecule has 0 saturated carbocycles. The third-order valence-corrected chi connectivity index (χ3v) is 3.68. The largest absolute Gasteiger partial charge is 0.385 e. The Morgan fingerprint density at radius 1 is 1.41 bits per heavy atom. The maximum absolute atomic E-state index is 6.17. The van der Waals surface area contributed by atoms with Crippen LogP contribution in [0.5, 0.6) is 0 Å². The van der Waals surface area contributed by atoms with Gasteiger partial charge in [0, 0.05) is 24.0 Å². The van der Waals surface area contributed by atoms with E-state index < -0.39 is 0 Å². The SMILES string of the molecule is C=C1NC(C)=CC(C)=C1CC(=C\CN)/C(C)=C(\N)NC(C)C. The van der Waals surface area contributed by atoms with Gasteiger partial charge in [-0.2, -0.15) is 0 Å². The van der Waals surface area contributed by atoms with Crippen molar-refractivity contribution in [2.24, 2.45) is 11.5 Å². The molecular weight excluding hydrogens is 272 g/mol. The van der Waals surface area contributed by atoms with Crippen molar-refractivity contribution < 1.29 is 0 Å². The highest BCUT2D eigenvalue weighted by molar-refractivity contribution is 5.48. The number of dihydropyridines is 1. The van der Waals surface area contributed by atoms with Gasteiger partial charge in [-0.15, -0.1) is 0 Å². The van der Waals surface area contributed by atoms with Gasteiger partial charge in [0.25, 0.3) is 0 Å². The van der Waals surface area contributed by atoms with Gasteiger partial charge >= 0.3 is 0 Å². The minimum Gasteiger partial charge on any atom is -0.385 e. The van der Waals surface area contributed by atoms with Gasteiger partial charge in [0.2, 0.25) is 0 Å². The molecule has 1 aliphatic heterocycles. The summed E-state index contributed by atoms with van der Waals surface area (Å²) in [6.45, 7) is 14.9. The van der Waals surface area contributed by atoms with Crippen molar-refractivity contribution in [3.63, 3.8) is 0 Å². The van der Waals surface area contributed by atoms with E-state index in [0.717, 1.165) is 29.0 Å². The Morgan fingerprint density at radius 3 is 2.55 bits per heavy atom. The minimum atomic E-state index is 0.298. The molecule has 4 nitrogen and oxygen atoms in total. The van der Waals surface area contributed by atoms with Crippen LogP contribution in [0.2, 0.25) is 0 Å². The molecule has 0 amide bonds. The Morgan fingerprint density at radius 2 is 2.05 bits per heavy atom. The maximum atomic E-state index is 6.17. The summed E-state index contributed by atoms with van der Waals surface area (Å²) in [5.74, 6) is 0.703. The van der Waals surface area contributed by atoms with E-state index >= 15 is 0 Å². The third kappa shape index (κ3) is 4.81. The van der Waals surface area contributed by atoms with Crippen molar-refractivity contribution in [3.05, 3.63) is 58.2 Å². The average molecular weight is 302 g/mol. The van der Waals surface area contributed by atoms with Crippen LogP contribution in [0.3, 0.4) is 0 Å². The molecule has 122 valence electrons. The van der Waals surface area contributed by atoms with Crippen molar-refractivity contribution in [1.29, 1.82) is 0 Å². The van der Waals surface area contributed by atoms with Crippen molar-refractivity contribution in [2.45, 2.75) is 47.1 Å². The molecule has 0 saturated heterocycles. The van der Waals surface area contributed by atoms with Crippen LogP contribution >= 0.6 is 0 Å². The fraction of sp³-hybridized carbons (Fsp3) is 0.444. The molecule has 0 aromatic heterocycles. The van der Waals surface area contributed by atoms with Gasteiger partial charge in [-0.25, -0.2) is 0 Å². The summed E-state index contributed by atoms with van der Waals surface area (Å²) in [7, 11) is 0. The van der Waals surface area contributed by atoms with Gasteiger partial charge < -0.3 is 22.1 Å². The van der Waals surface area contributed by atoms with E-state index in [2.05, 4.69) is 44.1 Å². The molecule has 0 bridgehead atoms. The summed E-state index contributed by atoms with van der Waals surface area (Å²) in [5, 5.41) is 6.55. The summed E-state index contributed by atoms with van der Waals surface area (Å²) in [6, 6.07) is 0.298. The van der Waals surface area contributed by atoms with Crippen LogP contribution < -0.4 is 22.1 Å². The molecule has 0 aromatic rings. The molecule has 0 atom stereocenters. The number of allylic oxidation sites excluding steroid dienone is 6. The van der Waals surface area contributed by atoms with Crippen LogP contribution in [0, 0.1) is 0 Å². The standard InChI is InChI=1S/C18H30N4/c1-11(2)21-18(20)14(5)16(7-8-19)10-17-12(3)9-13(4)22-15(17)6/h7,9,11,21-22H,6,8,10,19-20H2,1-5H3/b16-7+,18-14+. The highest BCUT2D eigenvalue weighted by Gasteiger charge is 2.15. The fourth-order valence-electron chi connectivity index (χ4n) is 2.53. The predicted octanol–water partition coefficient (Wildman–Crippen LogP) is 2.79. The van der Waals surface area contributed by atoms with Crippen LogP contribution in [-0.4, -0.2) is 12.6 Å². The molecule has 1 heterocycles. The number of hydrogen-bond donors (Lipinski definition) is 4. The lowest BCUT2D eigenvalue weighted by Crippen LogP contribution is -2.28. The smallest absolute Gasteiger partial charge is 0.0994 e. The fourth-order valence-corrected chi connectivity index (χ4v) is 2.53. The Bertz CT molecular complexity index is 560. The second-order valence-corrected chi connectivity index (χ2v) is 6.07. The topological polar surface area (TPSA) is 76.1 Å². The summed E-state index contributed by atoms with van der Waals surface area (Å²) in [5.41, 5.74) is 18.6. The summed E-state index contributed by atoms with van der Waals surface area (Å²) in [6.07, 6.45) is 4.94. The molecule has 1 aliphatic rings. The van der Waals surface area contributed by atoms with Crippen molar-refractivity contribution in [1.82, 2.24) is 10.6 Å². The van der Waals surface area contributed by atoms with E-state index in [1.807, 2.05) is 19.9 Å². The molecule has 22 heavy (non-hydrogen) atoms. The lowest BCUT2D eigenvalue weighted by Gasteiger charge is -2.23. The van der Waals surface area contributed by atoms with Gasteiger partial charge in [0.05, 0.1) is 5.82 Å². The molecule has 0 aromatic carbocycles. The highest BCUT2D eigenvalue weighted by Crippen LogP contribution is 2.28. The predicted molar refractivity (Wildman–Crippen MR) is 95.6 cm³/mol. The zero-order valence-corrected chi connectivity index (χ0v) is 14.5. The van der Waals surface area contributed by atoms with E-state index in [1.165, 1.54) is 11.1 Å². The Labute approximate surface area is 134 Å². The van der Waals surface area contributed by atoms with E-state index in [-0.39, 0.29) is 0 Å². The van der Waals surface area contributed by atoms with E-state index in [9.17, 15) is 0 Å². The monoisotopic (exact) mass is 302 g/mol. The quantitative estimate of drug-likeness (QED) is 0.569. The molecule has 4 heteroatoms. The van der Waals surface area contributed by atoms with Crippen molar-refractivity contribution in [2.75, 3.05) is 6.54 Å². The third-order valence-electron chi connectivity index (χ3n) is 3.68. The molecular formula is C18H30N4. The van der Waals surface area contributed by atoms with Crippen LogP contribution in [0.15, 0.2) is 58.2 Å². The second-order valence-electron chi connectivity index (χ2n) is 6.07. The zero-order valence-electron chi connectivity index (χ0n) is 14.5. The average Bonchev–Trinajstić information content (AvgIpc) is 2.39. The lowest BCUT2D eigenvalue weighted by atomic mass is 9.92.